The molecule has 2 atom stereocenters. The maximum Gasteiger partial charge on any atom is 0.217 e. The van der Waals surface area contributed by atoms with E-state index in [0.29, 0.717) is 18.9 Å². The van der Waals surface area contributed by atoms with Gasteiger partial charge < -0.3 is 25.1 Å². The number of primary amides is 1. The third-order valence-electron chi connectivity index (χ3n) is 5.01. The average molecular weight is 362 g/mol. The van der Waals surface area contributed by atoms with Gasteiger partial charge in [0.15, 0.2) is 5.96 Å². The number of nitrogens with two attached hydrogens (primary N) is 1. The lowest BCUT2D eigenvalue weighted by Gasteiger charge is -2.35. The molecular formula is C19H30N4O3. The maximum absolute atomic E-state index is 11.3. The van der Waals surface area contributed by atoms with Gasteiger partial charge in [0.2, 0.25) is 5.91 Å². The zero-order chi connectivity index (χ0) is 18.2. The van der Waals surface area contributed by atoms with E-state index in [1.54, 1.807) is 6.26 Å². The number of likely N-dealkylation sites (tertiary alicyclic amines) is 1. The highest BCUT2D eigenvalue weighted by Crippen LogP contribution is 2.20. The minimum absolute atomic E-state index is 0.222. The molecule has 7 heteroatoms. The third-order valence-corrected chi connectivity index (χ3v) is 5.01. The second kappa shape index (κ2) is 9.62. The van der Waals surface area contributed by atoms with Crippen molar-refractivity contribution in [1.82, 2.24) is 10.2 Å². The van der Waals surface area contributed by atoms with Gasteiger partial charge >= 0.3 is 0 Å². The van der Waals surface area contributed by atoms with E-state index in [0.717, 1.165) is 70.1 Å². The summed E-state index contributed by atoms with van der Waals surface area (Å²) in [5, 5.41) is 3.47. The first-order valence-corrected chi connectivity index (χ1v) is 9.66. The molecule has 2 aliphatic rings. The zero-order valence-corrected chi connectivity index (χ0v) is 15.4. The summed E-state index contributed by atoms with van der Waals surface area (Å²) >= 11 is 0. The number of nitrogens with zero attached hydrogens (tertiary/aromatic N) is 2. The molecule has 2 unspecified atom stereocenters. The number of rotatable bonds is 7. The SMILES string of the molecule is NC(=O)CC1CCCN(C(=NCC2CCCO2)NCCc2ccco2)C1. The van der Waals surface area contributed by atoms with Gasteiger partial charge in [0.25, 0.3) is 0 Å². The first kappa shape index (κ1) is 18.8. The fraction of sp³-hybridized carbons (Fsp3) is 0.684. The van der Waals surface area contributed by atoms with Crippen LogP contribution < -0.4 is 11.1 Å². The number of ether oxygens (including phenoxy) is 1. The average Bonchev–Trinajstić information content (AvgIpc) is 3.31. The standard InChI is InChI=1S/C19H30N4O3/c20-18(24)12-15-4-1-9-23(14-15)19(22-13-17-6-3-11-26-17)21-8-7-16-5-2-10-25-16/h2,5,10,15,17H,1,3-4,6-9,11-14H2,(H2,20,24)(H,21,22). The van der Waals surface area contributed by atoms with Crippen LogP contribution in [0.3, 0.4) is 0 Å². The molecule has 1 amide bonds. The number of piperidine rings is 1. The lowest BCUT2D eigenvalue weighted by Crippen LogP contribution is -2.48. The maximum atomic E-state index is 11.3. The van der Waals surface area contributed by atoms with Gasteiger partial charge in [0.05, 0.1) is 18.9 Å². The van der Waals surface area contributed by atoms with Crippen molar-refractivity contribution in [2.75, 3.05) is 32.8 Å². The van der Waals surface area contributed by atoms with E-state index in [2.05, 4.69) is 10.2 Å². The van der Waals surface area contributed by atoms with E-state index in [1.807, 2.05) is 12.1 Å². The van der Waals surface area contributed by atoms with Crippen LogP contribution in [0.5, 0.6) is 0 Å². The molecule has 3 N–H and O–H groups in total. The number of hydrogen-bond acceptors (Lipinski definition) is 4. The minimum atomic E-state index is -0.222. The largest absolute Gasteiger partial charge is 0.469 e. The van der Waals surface area contributed by atoms with Crippen molar-refractivity contribution in [3.63, 3.8) is 0 Å². The van der Waals surface area contributed by atoms with Crippen LogP contribution >= 0.6 is 0 Å². The molecule has 2 aliphatic heterocycles. The van der Waals surface area contributed by atoms with Crippen LogP contribution in [0.25, 0.3) is 0 Å². The van der Waals surface area contributed by atoms with Crippen molar-refractivity contribution in [2.45, 2.75) is 44.6 Å². The van der Waals surface area contributed by atoms with Gasteiger partial charge in [-0.25, -0.2) is 0 Å². The molecule has 3 heterocycles. The fourth-order valence-electron chi connectivity index (χ4n) is 3.71. The first-order valence-electron chi connectivity index (χ1n) is 9.66. The van der Waals surface area contributed by atoms with Crippen molar-refractivity contribution in [3.05, 3.63) is 24.2 Å². The van der Waals surface area contributed by atoms with Gasteiger partial charge in [-0.3, -0.25) is 9.79 Å². The Labute approximate surface area is 155 Å². The highest BCUT2D eigenvalue weighted by molar-refractivity contribution is 5.80. The lowest BCUT2D eigenvalue weighted by atomic mass is 9.95. The van der Waals surface area contributed by atoms with Crippen LogP contribution in [0.2, 0.25) is 0 Å². The molecule has 0 radical (unpaired) electrons. The fourth-order valence-corrected chi connectivity index (χ4v) is 3.71. The van der Waals surface area contributed by atoms with E-state index in [4.69, 9.17) is 19.9 Å². The Hall–Kier alpha value is -2.02. The summed E-state index contributed by atoms with van der Waals surface area (Å²) in [4.78, 5) is 18.4. The van der Waals surface area contributed by atoms with E-state index >= 15 is 0 Å². The molecule has 0 saturated carbocycles. The third kappa shape index (κ3) is 5.76. The van der Waals surface area contributed by atoms with Crippen LogP contribution in [-0.2, 0) is 16.0 Å². The van der Waals surface area contributed by atoms with Gasteiger partial charge in [0, 0.05) is 39.1 Å². The molecule has 0 aliphatic carbocycles. The molecule has 1 aromatic rings. The van der Waals surface area contributed by atoms with Crippen LogP contribution in [0.4, 0.5) is 0 Å². The van der Waals surface area contributed by atoms with Crippen LogP contribution in [0.1, 0.15) is 37.9 Å². The Kier molecular flexibility index (Phi) is 6.94. The zero-order valence-electron chi connectivity index (χ0n) is 15.4. The van der Waals surface area contributed by atoms with Crippen LogP contribution in [-0.4, -0.2) is 55.7 Å². The van der Waals surface area contributed by atoms with Gasteiger partial charge in [-0.05, 0) is 43.7 Å². The lowest BCUT2D eigenvalue weighted by molar-refractivity contribution is -0.119. The van der Waals surface area contributed by atoms with Gasteiger partial charge in [0.1, 0.15) is 5.76 Å². The number of carbonyl (C=O) groups is 1. The Morgan fingerprint density at radius 3 is 3.04 bits per heavy atom. The second-order valence-corrected chi connectivity index (χ2v) is 7.18. The van der Waals surface area contributed by atoms with Gasteiger partial charge in [-0.2, -0.15) is 0 Å². The highest BCUT2D eigenvalue weighted by atomic mass is 16.5. The number of nitrogens with one attached hydrogen (secondary N) is 1. The molecule has 0 bridgehead atoms. The molecule has 26 heavy (non-hydrogen) atoms. The van der Waals surface area contributed by atoms with Crippen molar-refractivity contribution in [1.29, 1.82) is 0 Å². The molecule has 144 valence electrons. The van der Waals surface area contributed by atoms with E-state index in [9.17, 15) is 4.79 Å². The summed E-state index contributed by atoms with van der Waals surface area (Å²) in [5.41, 5.74) is 5.39. The summed E-state index contributed by atoms with van der Waals surface area (Å²) in [6.07, 6.45) is 7.47. The number of furan rings is 1. The molecule has 3 rings (SSSR count). The Balaban J connectivity index is 1.58. The van der Waals surface area contributed by atoms with Crippen LogP contribution in [0.15, 0.2) is 27.8 Å². The molecule has 2 fully saturated rings. The van der Waals surface area contributed by atoms with Crippen molar-refractivity contribution in [3.8, 4) is 0 Å². The topological polar surface area (TPSA) is 93.1 Å². The predicted octanol–water partition coefficient (Wildman–Crippen LogP) is 1.53. The summed E-state index contributed by atoms with van der Waals surface area (Å²) in [7, 11) is 0. The van der Waals surface area contributed by atoms with E-state index in [-0.39, 0.29) is 12.0 Å². The van der Waals surface area contributed by atoms with Crippen molar-refractivity contribution >= 4 is 11.9 Å². The smallest absolute Gasteiger partial charge is 0.217 e. The summed E-state index contributed by atoms with van der Waals surface area (Å²) in [6.45, 7) is 4.05. The predicted molar refractivity (Wildman–Crippen MR) is 99.8 cm³/mol. The monoisotopic (exact) mass is 362 g/mol. The van der Waals surface area contributed by atoms with E-state index in [1.165, 1.54) is 0 Å². The number of carbonyl (C=O) groups excluding carboxylic acids is 1. The Morgan fingerprint density at radius 2 is 2.31 bits per heavy atom. The quantitative estimate of drug-likeness (QED) is 0.567. The van der Waals surface area contributed by atoms with Crippen LogP contribution in [0, 0.1) is 5.92 Å². The number of aliphatic imine (C=N–C) groups is 1. The van der Waals surface area contributed by atoms with Gasteiger partial charge in [-0.15, -0.1) is 0 Å². The molecule has 0 aromatic carbocycles. The number of guanidine groups is 1. The molecule has 7 nitrogen and oxygen atoms in total. The summed E-state index contributed by atoms with van der Waals surface area (Å²) in [5.74, 6) is 1.95. The normalized spacial score (nSPS) is 24.0. The summed E-state index contributed by atoms with van der Waals surface area (Å²) in [6, 6.07) is 3.88. The molecular weight excluding hydrogens is 332 g/mol. The highest BCUT2D eigenvalue weighted by Gasteiger charge is 2.24. The van der Waals surface area contributed by atoms with Crippen molar-refractivity contribution < 1.29 is 13.9 Å². The second-order valence-electron chi connectivity index (χ2n) is 7.18. The van der Waals surface area contributed by atoms with E-state index < -0.39 is 0 Å². The molecule has 2 saturated heterocycles. The number of amides is 1. The molecule has 0 spiro atoms. The van der Waals surface area contributed by atoms with Gasteiger partial charge in [-0.1, -0.05) is 0 Å². The summed E-state index contributed by atoms with van der Waals surface area (Å²) < 4.78 is 11.1. The molecule has 1 aromatic heterocycles. The van der Waals surface area contributed by atoms with Crippen molar-refractivity contribution in [2.24, 2.45) is 16.6 Å². The minimum Gasteiger partial charge on any atom is -0.469 e. The Bertz CT molecular complexity index is 582. The Morgan fingerprint density at radius 1 is 1.38 bits per heavy atom. The first-order chi connectivity index (χ1) is 12.7. The number of hydrogen-bond donors (Lipinski definition) is 2.